The number of amides is 1. The Kier molecular flexibility index (Phi) is 5.00. The van der Waals surface area contributed by atoms with E-state index in [-0.39, 0.29) is 5.91 Å². The van der Waals surface area contributed by atoms with Gasteiger partial charge in [-0.1, -0.05) is 53.0 Å². The van der Waals surface area contributed by atoms with E-state index in [9.17, 15) is 4.79 Å². The molecule has 0 fully saturated rings. The number of ether oxygens (including phenoxy) is 1. The van der Waals surface area contributed by atoms with Crippen LogP contribution < -0.4 is 9.64 Å². The van der Waals surface area contributed by atoms with Gasteiger partial charge in [0.2, 0.25) is 0 Å². The Bertz CT molecular complexity index is 1020. The number of carbonyl (C=O) groups excluding carboxylic acids is 1. The number of hydrogen-bond acceptors (Lipinski definition) is 2. The van der Waals surface area contributed by atoms with Gasteiger partial charge in [0.1, 0.15) is 5.75 Å². The molecule has 0 radical (unpaired) electrons. The molecule has 0 atom stereocenters. The van der Waals surface area contributed by atoms with Gasteiger partial charge < -0.3 is 9.64 Å². The fourth-order valence-electron chi connectivity index (χ4n) is 3.08. The number of nitrogens with zero attached hydrogens (tertiary/aromatic N) is 1. The van der Waals surface area contributed by atoms with E-state index in [1.807, 2.05) is 24.3 Å². The van der Waals surface area contributed by atoms with Gasteiger partial charge in [0.25, 0.3) is 5.91 Å². The molecule has 0 spiro atoms. The van der Waals surface area contributed by atoms with Crippen LogP contribution in [0.3, 0.4) is 0 Å². The van der Waals surface area contributed by atoms with Gasteiger partial charge >= 0.3 is 0 Å². The van der Waals surface area contributed by atoms with Gasteiger partial charge in [-0.15, -0.1) is 0 Å². The molecule has 3 aromatic carbocycles. The van der Waals surface area contributed by atoms with Gasteiger partial charge in [0, 0.05) is 22.2 Å². The van der Waals surface area contributed by atoms with Gasteiger partial charge in [-0.3, -0.25) is 4.79 Å². The van der Waals surface area contributed by atoms with Crippen LogP contribution in [0.5, 0.6) is 11.5 Å². The first-order valence-corrected chi connectivity index (χ1v) is 9.48. The summed E-state index contributed by atoms with van der Waals surface area (Å²) in [4.78, 5) is 14.9. The number of fused-ring (bicyclic) bond motifs is 2. The molecular weight excluding hydrogens is 405 g/mol. The van der Waals surface area contributed by atoms with E-state index in [0.29, 0.717) is 45.0 Å². The molecule has 3 aromatic rings. The quantitative estimate of drug-likeness (QED) is 0.443. The summed E-state index contributed by atoms with van der Waals surface area (Å²) < 4.78 is 6.10. The number of anilines is 1. The first-order valence-electron chi connectivity index (χ1n) is 8.35. The summed E-state index contributed by atoms with van der Waals surface area (Å²) >= 11 is 18.6. The van der Waals surface area contributed by atoms with Gasteiger partial charge in [-0.2, -0.15) is 0 Å². The molecule has 0 unspecified atom stereocenters. The van der Waals surface area contributed by atoms with Gasteiger partial charge in [-0.25, -0.2) is 0 Å². The third kappa shape index (κ3) is 3.63. The maximum atomic E-state index is 13.2. The number of carbonyl (C=O) groups is 1. The number of para-hydroxylation sites is 1. The minimum absolute atomic E-state index is 0.172. The molecule has 0 aromatic heterocycles. The Morgan fingerprint density at radius 2 is 1.67 bits per heavy atom. The van der Waals surface area contributed by atoms with Crippen molar-refractivity contribution >= 4 is 46.4 Å². The molecule has 0 saturated heterocycles. The van der Waals surface area contributed by atoms with Crippen LogP contribution in [-0.4, -0.2) is 12.5 Å². The summed E-state index contributed by atoms with van der Waals surface area (Å²) in [5.74, 6) is 0.964. The van der Waals surface area contributed by atoms with E-state index < -0.39 is 0 Å². The summed E-state index contributed by atoms with van der Waals surface area (Å²) in [5.41, 5.74) is 2.07. The maximum Gasteiger partial charge on any atom is 0.258 e. The normalized spacial score (nSPS) is 13.1. The molecule has 0 aliphatic carbocycles. The highest BCUT2D eigenvalue weighted by Gasteiger charge is 2.26. The van der Waals surface area contributed by atoms with Crippen LogP contribution in [0.4, 0.5) is 5.69 Å². The largest absolute Gasteiger partial charge is 0.453 e. The molecular formula is C21H14Cl3NO2. The minimum Gasteiger partial charge on any atom is -0.453 e. The van der Waals surface area contributed by atoms with E-state index >= 15 is 0 Å². The van der Waals surface area contributed by atoms with E-state index in [1.54, 1.807) is 41.3 Å². The Labute approximate surface area is 172 Å². The highest BCUT2D eigenvalue weighted by molar-refractivity contribution is 6.36. The average molecular weight is 419 g/mol. The fourth-order valence-corrected chi connectivity index (χ4v) is 3.73. The SMILES string of the molecule is O=C(c1ccc(Cl)cc1)N1CCc2ccccc2Oc2c(Cl)cc(Cl)cc21. The predicted molar refractivity (Wildman–Crippen MR) is 110 cm³/mol. The molecule has 4 rings (SSSR count). The van der Waals surface area contributed by atoms with Crippen LogP contribution in [0.1, 0.15) is 15.9 Å². The topological polar surface area (TPSA) is 29.5 Å². The van der Waals surface area contributed by atoms with Crippen molar-refractivity contribution in [2.75, 3.05) is 11.4 Å². The van der Waals surface area contributed by atoms with Crippen LogP contribution in [0.2, 0.25) is 15.1 Å². The molecule has 1 aliphatic rings. The molecule has 1 amide bonds. The highest BCUT2D eigenvalue weighted by Crippen LogP contribution is 2.43. The first-order chi connectivity index (χ1) is 13.0. The number of hydrogen-bond donors (Lipinski definition) is 0. The molecule has 0 bridgehead atoms. The first kappa shape index (κ1) is 18.2. The molecule has 1 aliphatic heterocycles. The Morgan fingerprint density at radius 1 is 0.926 bits per heavy atom. The van der Waals surface area contributed by atoms with E-state index in [2.05, 4.69) is 0 Å². The zero-order chi connectivity index (χ0) is 19.0. The molecule has 3 nitrogen and oxygen atoms in total. The third-order valence-corrected chi connectivity index (χ3v) is 5.16. The number of halogens is 3. The number of benzene rings is 3. The van der Waals surface area contributed by atoms with Crippen molar-refractivity contribution in [1.29, 1.82) is 0 Å². The lowest BCUT2D eigenvalue weighted by atomic mass is 10.1. The third-order valence-electron chi connectivity index (χ3n) is 4.41. The van der Waals surface area contributed by atoms with Crippen molar-refractivity contribution < 1.29 is 9.53 Å². The van der Waals surface area contributed by atoms with Gasteiger partial charge in [0.05, 0.1) is 10.7 Å². The van der Waals surface area contributed by atoms with Crippen LogP contribution in [0.15, 0.2) is 60.7 Å². The van der Waals surface area contributed by atoms with Crippen molar-refractivity contribution in [2.45, 2.75) is 6.42 Å². The lowest BCUT2D eigenvalue weighted by Crippen LogP contribution is -2.34. The van der Waals surface area contributed by atoms with Crippen molar-refractivity contribution in [2.24, 2.45) is 0 Å². The summed E-state index contributed by atoms with van der Waals surface area (Å²) in [6, 6.07) is 17.8. The Balaban J connectivity index is 1.84. The second-order valence-electron chi connectivity index (χ2n) is 6.16. The van der Waals surface area contributed by atoms with E-state index in [1.165, 1.54) is 0 Å². The van der Waals surface area contributed by atoms with Gasteiger partial charge in [0.15, 0.2) is 5.75 Å². The average Bonchev–Trinajstić information content (AvgIpc) is 2.64. The van der Waals surface area contributed by atoms with Crippen molar-refractivity contribution in [3.63, 3.8) is 0 Å². The molecule has 136 valence electrons. The second kappa shape index (κ2) is 7.43. The summed E-state index contributed by atoms with van der Waals surface area (Å²) in [5, 5.41) is 1.36. The van der Waals surface area contributed by atoms with Crippen molar-refractivity contribution in [3.05, 3.63) is 86.9 Å². The Hall–Kier alpha value is -2.20. The van der Waals surface area contributed by atoms with E-state index in [0.717, 1.165) is 11.3 Å². The standard InChI is InChI=1S/C21H14Cl3NO2/c22-15-7-5-14(6-8-15)21(26)25-10-9-13-3-1-2-4-19(13)27-20-17(24)11-16(23)12-18(20)25/h1-8,11-12H,9-10H2. The summed E-state index contributed by atoms with van der Waals surface area (Å²) in [6.07, 6.45) is 0.638. The van der Waals surface area contributed by atoms with Gasteiger partial charge in [-0.05, 0) is 54.4 Å². The lowest BCUT2D eigenvalue weighted by Gasteiger charge is -2.29. The van der Waals surface area contributed by atoms with E-state index in [4.69, 9.17) is 39.5 Å². The maximum absolute atomic E-state index is 13.2. The predicted octanol–water partition coefficient (Wildman–Crippen LogP) is 6.64. The Morgan fingerprint density at radius 3 is 2.44 bits per heavy atom. The smallest absolute Gasteiger partial charge is 0.258 e. The highest BCUT2D eigenvalue weighted by atomic mass is 35.5. The lowest BCUT2D eigenvalue weighted by molar-refractivity contribution is 0.0986. The van der Waals surface area contributed by atoms with Crippen LogP contribution in [-0.2, 0) is 6.42 Å². The van der Waals surface area contributed by atoms with Crippen molar-refractivity contribution in [1.82, 2.24) is 0 Å². The molecule has 6 heteroatoms. The molecule has 0 N–H and O–H groups in total. The van der Waals surface area contributed by atoms with Crippen LogP contribution >= 0.6 is 34.8 Å². The second-order valence-corrected chi connectivity index (χ2v) is 7.44. The molecule has 0 saturated carbocycles. The minimum atomic E-state index is -0.172. The zero-order valence-corrected chi connectivity index (χ0v) is 16.4. The van der Waals surface area contributed by atoms with Crippen molar-refractivity contribution in [3.8, 4) is 11.5 Å². The molecule has 1 heterocycles. The zero-order valence-electron chi connectivity index (χ0n) is 14.1. The summed E-state index contributed by atoms with van der Waals surface area (Å²) in [6.45, 7) is 0.464. The summed E-state index contributed by atoms with van der Waals surface area (Å²) in [7, 11) is 0. The number of rotatable bonds is 1. The fraction of sp³-hybridized carbons (Fsp3) is 0.0952. The van der Waals surface area contributed by atoms with Crippen LogP contribution in [0.25, 0.3) is 0 Å². The monoisotopic (exact) mass is 417 g/mol. The molecule has 27 heavy (non-hydrogen) atoms. The van der Waals surface area contributed by atoms with Crippen LogP contribution in [0, 0.1) is 0 Å².